The zero-order valence-electron chi connectivity index (χ0n) is 18.5. The standard InChI is InChI=1S/C12H14O6.C4H3ClO2.C4H10O2.CH2Cl2.CH4/c1-3-7-15-11(13)17-9-5-6-10-18-12(14)16-8-4-2;1-2-3-7-4(5)6;5-3-1-2-4-6;2-1-3;/h1-2H,5-10H2;1H,3H2;5-6H,1-4H2;1H2;1H4. The number of halogens is 3. The molecule has 0 heterocycles. The molecule has 0 aromatic carbocycles. The van der Waals surface area contributed by atoms with E-state index in [1.54, 1.807) is 0 Å². The maximum atomic E-state index is 10.8. The second kappa shape index (κ2) is 41.7. The van der Waals surface area contributed by atoms with Crippen LogP contribution in [-0.4, -0.2) is 79.5 Å². The summed E-state index contributed by atoms with van der Waals surface area (Å²) in [7, 11) is 0. The van der Waals surface area contributed by atoms with Crippen molar-refractivity contribution in [3.05, 3.63) is 0 Å². The minimum absolute atomic E-state index is 0. The number of ether oxygens (including phenoxy) is 5. The number of rotatable bonds is 11. The van der Waals surface area contributed by atoms with E-state index in [4.69, 9.17) is 64.3 Å². The Balaban J connectivity index is -0.000000145. The number of carbonyl (C=O) groups is 3. The number of terminal acetylenes is 3. The van der Waals surface area contributed by atoms with Gasteiger partial charge < -0.3 is 33.9 Å². The predicted molar refractivity (Wildman–Crippen MR) is 134 cm³/mol. The third kappa shape index (κ3) is 59.3. The lowest BCUT2D eigenvalue weighted by atomic mass is 10.3. The van der Waals surface area contributed by atoms with Crippen molar-refractivity contribution in [1.29, 1.82) is 0 Å². The third-order valence-corrected chi connectivity index (χ3v) is 2.47. The molecule has 2 N–H and O–H groups in total. The van der Waals surface area contributed by atoms with Crippen LogP contribution in [0.2, 0.25) is 0 Å². The van der Waals surface area contributed by atoms with Crippen molar-refractivity contribution in [2.45, 2.75) is 33.1 Å². The van der Waals surface area contributed by atoms with Crippen LogP contribution in [0.15, 0.2) is 0 Å². The minimum Gasteiger partial charge on any atom is -0.441 e. The van der Waals surface area contributed by atoms with Crippen LogP contribution < -0.4 is 0 Å². The molecule has 13 heteroatoms. The van der Waals surface area contributed by atoms with Gasteiger partial charge in [0.2, 0.25) is 0 Å². The summed E-state index contributed by atoms with van der Waals surface area (Å²) in [6.45, 7) is 0.410. The fourth-order valence-electron chi connectivity index (χ4n) is 1.12. The average Bonchev–Trinajstić information content (AvgIpc) is 2.82. The molecule has 0 rings (SSSR count). The van der Waals surface area contributed by atoms with Crippen molar-refractivity contribution < 1.29 is 48.3 Å². The van der Waals surface area contributed by atoms with Crippen molar-refractivity contribution in [3.63, 3.8) is 0 Å². The highest BCUT2D eigenvalue weighted by Gasteiger charge is 2.04. The molecule has 0 saturated heterocycles. The van der Waals surface area contributed by atoms with Gasteiger partial charge in [-0.1, -0.05) is 25.2 Å². The van der Waals surface area contributed by atoms with Crippen LogP contribution >= 0.6 is 34.8 Å². The molecule has 0 bridgehead atoms. The quantitative estimate of drug-likeness (QED) is 0.0941. The summed E-state index contributed by atoms with van der Waals surface area (Å²) < 4.78 is 22.3. The SMILES string of the molecule is C.C#CCOC(=O)Cl.C#CCOC(=O)OCCCCOC(=O)OCC#C.ClCCl.OCCCCO. The molecule has 0 saturated carbocycles. The topological polar surface area (TPSA) is 138 Å². The Hall–Kier alpha value is -2.52. The number of unbranched alkanes of at least 4 members (excludes halogenated alkanes) is 2. The Bertz CT molecular complexity index is 572. The number of alkyl halides is 2. The lowest BCUT2D eigenvalue weighted by Gasteiger charge is -2.05. The molecular formula is C22H33Cl3O10. The largest absolute Gasteiger partial charge is 0.509 e. The second-order valence-electron chi connectivity index (χ2n) is 4.88. The summed E-state index contributed by atoms with van der Waals surface area (Å²) in [4.78, 5) is 31.2. The van der Waals surface area contributed by atoms with E-state index in [9.17, 15) is 14.4 Å². The lowest BCUT2D eigenvalue weighted by Crippen LogP contribution is -2.11. The number of carbonyl (C=O) groups excluding carboxylic acids is 3. The average molecular weight is 564 g/mol. The van der Waals surface area contributed by atoms with Crippen molar-refractivity contribution in [2.24, 2.45) is 0 Å². The molecule has 0 unspecified atom stereocenters. The third-order valence-electron chi connectivity index (χ3n) is 2.36. The fraction of sp³-hybridized carbons (Fsp3) is 0.591. The van der Waals surface area contributed by atoms with Crippen LogP contribution in [0.3, 0.4) is 0 Å². The first-order valence-corrected chi connectivity index (χ1v) is 10.8. The van der Waals surface area contributed by atoms with Gasteiger partial charge in [0, 0.05) is 24.8 Å². The van der Waals surface area contributed by atoms with Gasteiger partial charge >= 0.3 is 17.7 Å². The summed E-state index contributed by atoms with van der Waals surface area (Å²) in [5, 5.41) is 16.4. The van der Waals surface area contributed by atoms with Gasteiger partial charge in [-0.15, -0.1) is 42.5 Å². The molecule has 35 heavy (non-hydrogen) atoms. The van der Waals surface area contributed by atoms with Crippen molar-refractivity contribution in [3.8, 4) is 37.0 Å². The van der Waals surface area contributed by atoms with E-state index in [1.807, 2.05) is 0 Å². The first-order chi connectivity index (χ1) is 16.3. The second-order valence-corrected chi connectivity index (χ2v) is 5.99. The fourth-order valence-corrected chi connectivity index (χ4v) is 1.18. The zero-order chi connectivity index (χ0) is 26.9. The predicted octanol–water partition coefficient (Wildman–Crippen LogP) is 4.14. The molecule has 0 amide bonds. The highest BCUT2D eigenvalue weighted by molar-refractivity contribution is 6.61. The van der Waals surface area contributed by atoms with E-state index in [1.165, 1.54) is 0 Å². The first kappa shape index (κ1) is 42.6. The molecule has 0 atom stereocenters. The Morgan fingerprint density at radius 2 is 0.971 bits per heavy atom. The summed E-state index contributed by atoms with van der Waals surface area (Å²) in [6.07, 6.45) is 15.3. The lowest BCUT2D eigenvalue weighted by molar-refractivity contribution is 0.0523. The van der Waals surface area contributed by atoms with Crippen LogP contribution in [0, 0.1) is 37.0 Å². The Kier molecular flexibility index (Phi) is 50.8. The van der Waals surface area contributed by atoms with Gasteiger partial charge in [0.15, 0.2) is 19.8 Å². The number of hydrogen-bond donors (Lipinski definition) is 2. The highest BCUT2D eigenvalue weighted by Crippen LogP contribution is 1.95. The van der Waals surface area contributed by atoms with Crippen molar-refractivity contribution in [2.75, 3.05) is 51.6 Å². The van der Waals surface area contributed by atoms with Crippen LogP contribution in [0.5, 0.6) is 0 Å². The number of aliphatic hydroxyl groups is 2. The normalized spacial score (nSPS) is 7.83. The van der Waals surface area contributed by atoms with E-state index >= 15 is 0 Å². The molecule has 0 aromatic rings. The molecule has 0 aliphatic rings. The van der Waals surface area contributed by atoms with E-state index in [0.717, 1.165) is 12.8 Å². The van der Waals surface area contributed by atoms with E-state index in [2.05, 4.69) is 41.4 Å². The van der Waals surface area contributed by atoms with Crippen LogP contribution in [0.25, 0.3) is 0 Å². The van der Waals surface area contributed by atoms with Gasteiger partial charge in [0.1, 0.15) is 0 Å². The molecule has 0 aliphatic heterocycles. The monoisotopic (exact) mass is 562 g/mol. The first-order valence-electron chi connectivity index (χ1n) is 9.36. The van der Waals surface area contributed by atoms with Crippen LogP contribution in [-0.2, 0) is 23.7 Å². The molecule has 0 fully saturated rings. The molecular weight excluding hydrogens is 531 g/mol. The smallest absolute Gasteiger partial charge is 0.441 e. The zero-order valence-corrected chi connectivity index (χ0v) is 20.8. The van der Waals surface area contributed by atoms with E-state index in [0.29, 0.717) is 12.8 Å². The molecule has 10 nitrogen and oxygen atoms in total. The molecule has 0 radical (unpaired) electrons. The maximum Gasteiger partial charge on any atom is 0.509 e. The van der Waals surface area contributed by atoms with E-state index in [-0.39, 0.29) is 59.0 Å². The molecule has 202 valence electrons. The van der Waals surface area contributed by atoms with Crippen molar-refractivity contribution >= 4 is 52.5 Å². The van der Waals surface area contributed by atoms with Crippen LogP contribution in [0.1, 0.15) is 33.1 Å². The summed E-state index contributed by atoms with van der Waals surface area (Å²) in [6, 6.07) is 0. The Labute approximate surface area is 222 Å². The van der Waals surface area contributed by atoms with E-state index < -0.39 is 17.7 Å². The maximum absolute atomic E-state index is 10.8. The minimum atomic E-state index is -0.863. The summed E-state index contributed by atoms with van der Waals surface area (Å²) in [5.74, 6) is 6.33. The number of hydrogen-bond acceptors (Lipinski definition) is 10. The summed E-state index contributed by atoms with van der Waals surface area (Å²) >= 11 is 14.2. The highest BCUT2D eigenvalue weighted by atomic mass is 35.5. The molecule has 0 aromatic heterocycles. The van der Waals surface area contributed by atoms with Gasteiger partial charge in [0.05, 0.1) is 18.6 Å². The Morgan fingerprint density at radius 3 is 1.20 bits per heavy atom. The van der Waals surface area contributed by atoms with Gasteiger partial charge in [-0.25, -0.2) is 14.4 Å². The number of aliphatic hydroxyl groups excluding tert-OH is 2. The van der Waals surface area contributed by atoms with Crippen LogP contribution in [0.4, 0.5) is 14.4 Å². The van der Waals surface area contributed by atoms with Gasteiger partial charge in [-0.05, 0) is 25.7 Å². The van der Waals surface area contributed by atoms with Gasteiger partial charge in [-0.2, -0.15) is 0 Å². The molecule has 0 aliphatic carbocycles. The van der Waals surface area contributed by atoms with Gasteiger partial charge in [0.25, 0.3) is 0 Å². The van der Waals surface area contributed by atoms with Crippen molar-refractivity contribution in [1.82, 2.24) is 0 Å². The van der Waals surface area contributed by atoms with Gasteiger partial charge in [-0.3, -0.25) is 0 Å². The Morgan fingerprint density at radius 1 is 0.657 bits per heavy atom. The molecule has 0 spiro atoms. The summed E-state index contributed by atoms with van der Waals surface area (Å²) in [5.41, 5.74) is -0.863.